The Kier molecular flexibility index (Phi) is 5.88. The summed E-state index contributed by atoms with van der Waals surface area (Å²) in [4.78, 5) is 4.37. The Balaban J connectivity index is 2.27. The van der Waals surface area contributed by atoms with Crippen LogP contribution in [-0.2, 0) is 6.54 Å². The van der Waals surface area contributed by atoms with E-state index >= 15 is 0 Å². The van der Waals surface area contributed by atoms with Gasteiger partial charge in [0.05, 0.1) is 10.0 Å². The van der Waals surface area contributed by atoms with Crippen molar-refractivity contribution >= 4 is 39.1 Å². The zero-order valence-electron chi connectivity index (χ0n) is 11.7. The summed E-state index contributed by atoms with van der Waals surface area (Å²) in [5.41, 5.74) is 2.00. The molecule has 2 aromatic rings. The lowest BCUT2D eigenvalue weighted by atomic mass is 10.2. The van der Waals surface area contributed by atoms with Gasteiger partial charge >= 0.3 is 0 Å². The molecule has 1 aromatic heterocycles. The molecule has 2 rings (SSSR count). The Morgan fingerprint density at radius 2 is 1.95 bits per heavy atom. The molecule has 0 radical (unpaired) electrons. The molecule has 0 amide bonds. The van der Waals surface area contributed by atoms with Crippen LogP contribution in [0.3, 0.4) is 0 Å². The monoisotopic (exact) mass is 388 g/mol. The molecule has 0 saturated heterocycles. The predicted molar refractivity (Wildman–Crippen MR) is 90.6 cm³/mol. The smallest absolute Gasteiger partial charge is 0.219 e. The first-order valence-electron chi connectivity index (χ1n) is 6.50. The second-order valence-corrected chi connectivity index (χ2v) is 6.20. The van der Waals surface area contributed by atoms with Crippen molar-refractivity contribution in [3.63, 3.8) is 0 Å². The van der Waals surface area contributed by atoms with Gasteiger partial charge in [-0.1, -0.05) is 30.1 Å². The molecule has 0 bridgehead atoms. The molecule has 112 valence electrons. The Labute approximate surface area is 142 Å². The number of benzene rings is 1. The minimum absolute atomic E-state index is 0.475. The van der Waals surface area contributed by atoms with Crippen LogP contribution in [0.1, 0.15) is 18.2 Å². The van der Waals surface area contributed by atoms with Crippen LogP contribution in [-0.4, -0.2) is 11.5 Å². The highest BCUT2D eigenvalue weighted by molar-refractivity contribution is 9.10. The van der Waals surface area contributed by atoms with Gasteiger partial charge in [-0.3, -0.25) is 0 Å². The van der Waals surface area contributed by atoms with Crippen molar-refractivity contribution in [2.24, 2.45) is 0 Å². The van der Waals surface area contributed by atoms with Gasteiger partial charge in [-0.2, -0.15) is 0 Å². The molecule has 0 atom stereocenters. The van der Waals surface area contributed by atoms with Crippen molar-refractivity contribution in [3.05, 3.63) is 50.0 Å². The average molecular weight is 390 g/mol. The van der Waals surface area contributed by atoms with Crippen LogP contribution in [0.15, 0.2) is 28.7 Å². The summed E-state index contributed by atoms with van der Waals surface area (Å²) in [6.45, 7) is 5.67. The van der Waals surface area contributed by atoms with E-state index in [1.54, 1.807) is 12.1 Å². The molecule has 0 aliphatic carbocycles. The fraction of sp³-hybridized carbons (Fsp3) is 0.267. The van der Waals surface area contributed by atoms with Gasteiger partial charge in [0.1, 0.15) is 5.75 Å². The molecule has 1 aromatic carbocycles. The Bertz CT molecular complexity index is 650. The number of aryl methyl sites for hydroxylation is 1. The van der Waals surface area contributed by atoms with Crippen molar-refractivity contribution in [1.82, 2.24) is 10.3 Å². The largest absolute Gasteiger partial charge is 0.437 e. The van der Waals surface area contributed by atoms with E-state index in [0.29, 0.717) is 21.7 Å². The summed E-state index contributed by atoms with van der Waals surface area (Å²) in [5, 5.41) is 4.29. The minimum Gasteiger partial charge on any atom is -0.437 e. The third kappa shape index (κ3) is 4.58. The van der Waals surface area contributed by atoms with E-state index in [9.17, 15) is 0 Å². The zero-order chi connectivity index (χ0) is 15.4. The predicted octanol–water partition coefficient (Wildman–Crippen LogP) is 5.36. The highest BCUT2D eigenvalue weighted by Crippen LogP contribution is 2.36. The highest BCUT2D eigenvalue weighted by atomic mass is 79.9. The first kappa shape index (κ1) is 16.6. The Morgan fingerprint density at radius 3 is 2.67 bits per heavy atom. The van der Waals surface area contributed by atoms with Crippen molar-refractivity contribution in [2.75, 3.05) is 6.54 Å². The fourth-order valence-electron chi connectivity index (χ4n) is 1.83. The van der Waals surface area contributed by atoms with Crippen molar-refractivity contribution < 1.29 is 4.74 Å². The summed E-state index contributed by atoms with van der Waals surface area (Å²) in [6, 6.07) is 7.28. The quantitative estimate of drug-likeness (QED) is 0.698. The number of hydrogen-bond donors (Lipinski definition) is 1. The third-order valence-electron chi connectivity index (χ3n) is 2.76. The number of hydrogen-bond acceptors (Lipinski definition) is 3. The summed E-state index contributed by atoms with van der Waals surface area (Å²) in [5.74, 6) is 0.987. The second-order valence-electron chi connectivity index (χ2n) is 4.53. The zero-order valence-corrected chi connectivity index (χ0v) is 14.8. The average Bonchev–Trinajstić information content (AvgIpc) is 2.42. The van der Waals surface area contributed by atoms with Crippen LogP contribution in [0.25, 0.3) is 0 Å². The number of nitrogens with one attached hydrogen (secondary N) is 1. The van der Waals surface area contributed by atoms with E-state index in [0.717, 1.165) is 28.8 Å². The molecular weight excluding hydrogens is 375 g/mol. The molecule has 0 spiro atoms. The van der Waals surface area contributed by atoms with Gasteiger partial charge in [-0.25, -0.2) is 4.98 Å². The standard InChI is InChI=1S/C15H15BrCl2N2O/c1-3-19-8-10-4-9(2)20-15(5-10)21-14-7-12(17)11(16)6-13(14)18/h4-7,19H,3,8H2,1-2H3. The lowest BCUT2D eigenvalue weighted by Gasteiger charge is -2.11. The molecule has 21 heavy (non-hydrogen) atoms. The molecule has 3 nitrogen and oxygen atoms in total. The third-order valence-corrected chi connectivity index (χ3v) is 4.25. The molecule has 1 heterocycles. The Hall–Kier alpha value is -0.810. The lowest BCUT2D eigenvalue weighted by Crippen LogP contribution is -2.12. The van der Waals surface area contributed by atoms with E-state index < -0.39 is 0 Å². The number of aromatic nitrogens is 1. The number of ether oxygens (including phenoxy) is 1. The maximum absolute atomic E-state index is 6.16. The summed E-state index contributed by atoms with van der Waals surface area (Å²) in [6.07, 6.45) is 0. The van der Waals surface area contributed by atoms with Gasteiger partial charge in [0.25, 0.3) is 0 Å². The molecule has 1 N–H and O–H groups in total. The highest BCUT2D eigenvalue weighted by Gasteiger charge is 2.09. The molecule has 0 fully saturated rings. The SMILES string of the molecule is CCNCc1cc(C)nc(Oc2cc(Cl)c(Br)cc2Cl)c1. The van der Waals surface area contributed by atoms with Crippen LogP contribution in [0.4, 0.5) is 0 Å². The molecule has 0 unspecified atom stereocenters. The second kappa shape index (κ2) is 7.45. The number of pyridine rings is 1. The topological polar surface area (TPSA) is 34.2 Å². The van der Waals surface area contributed by atoms with E-state index in [4.69, 9.17) is 27.9 Å². The van der Waals surface area contributed by atoms with E-state index in [-0.39, 0.29) is 0 Å². The van der Waals surface area contributed by atoms with E-state index in [2.05, 4.69) is 33.2 Å². The normalized spacial score (nSPS) is 10.7. The van der Waals surface area contributed by atoms with Gasteiger partial charge in [0.15, 0.2) is 0 Å². The maximum Gasteiger partial charge on any atom is 0.219 e. The van der Waals surface area contributed by atoms with Gasteiger partial charge in [0.2, 0.25) is 5.88 Å². The summed E-state index contributed by atoms with van der Waals surface area (Å²) < 4.78 is 6.50. The van der Waals surface area contributed by atoms with Crippen LogP contribution in [0.5, 0.6) is 11.6 Å². The van der Waals surface area contributed by atoms with Crippen LogP contribution < -0.4 is 10.1 Å². The lowest BCUT2D eigenvalue weighted by molar-refractivity contribution is 0.460. The maximum atomic E-state index is 6.16. The number of rotatable bonds is 5. The number of halogens is 3. The van der Waals surface area contributed by atoms with Gasteiger partial charge in [0, 0.05) is 28.8 Å². The van der Waals surface area contributed by atoms with E-state index in [1.165, 1.54) is 0 Å². The summed E-state index contributed by atoms with van der Waals surface area (Å²) >= 11 is 15.5. The Morgan fingerprint density at radius 1 is 1.19 bits per heavy atom. The summed E-state index contributed by atoms with van der Waals surface area (Å²) in [7, 11) is 0. The molecule has 0 aliphatic rings. The number of nitrogens with zero attached hydrogens (tertiary/aromatic N) is 1. The van der Waals surface area contributed by atoms with Crippen molar-refractivity contribution in [3.8, 4) is 11.6 Å². The van der Waals surface area contributed by atoms with Crippen LogP contribution in [0, 0.1) is 6.92 Å². The molecule has 0 aliphatic heterocycles. The van der Waals surface area contributed by atoms with Crippen LogP contribution >= 0.6 is 39.1 Å². The van der Waals surface area contributed by atoms with Gasteiger partial charge in [-0.05, 0) is 47.1 Å². The van der Waals surface area contributed by atoms with E-state index in [1.807, 2.05) is 19.1 Å². The molecule has 6 heteroatoms. The molecule has 0 saturated carbocycles. The van der Waals surface area contributed by atoms with Crippen molar-refractivity contribution in [2.45, 2.75) is 20.4 Å². The fourth-order valence-corrected chi connectivity index (χ4v) is 2.66. The molecular formula is C15H15BrCl2N2O. The van der Waals surface area contributed by atoms with Gasteiger partial charge in [-0.15, -0.1) is 0 Å². The van der Waals surface area contributed by atoms with Crippen molar-refractivity contribution in [1.29, 1.82) is 0 Å². The first-order chi connectivity index (χ1) is 9.99. The van der Waals surface area contributed by atoms with Gasteiger partial charge < -0.3 is 10.1 Å². The van der Waals surface area contributed by atoms with Crippen LogP contribution in [0.2, 0.25) is 10.0 Å². The first-order valence-corrected chi connectivity index (χ1v) is 8.05. The minimum atomic E-state index is 0.475.